The fourth-order valence-corrected chi connectivity index (χ4v) is 3.38. The van der Waals surface area contributed by atoms with E-state index in [1.165, 1.54) is 0 Å². The molecule has 0 saturated carbocycles. The molecule has 1 heterocycles. The van der Waals surface area contributed by atoms with Crippen LogP contribution >= 0.6 is 11.6 Å². The van der Waals surface area contributed by atoms with Crippen molar-refractivity contribution in [1.82, 2.24) is 5.32 Å². The van der Waals surface area contributed by atoms with Gasteiger partial charge < -0.3 is 16.0 Å². The summed E-state index contributed by atoms with van der Waals surface area (Å²) in [5.41, 5.74) is 6.40. The fourth-order valence-electron chi connectivity index (χ4n) is 3.14. The summed E-state index contributed by atoms with van der Waals surface area (Å²) in [4.78, 5) is 27.3. The van der Waals surface area contributed by atoms with Gasteiger partial charge in [0.05, 0.1) is 10.7 Å². The molecule has 1 aliphatic rings. The lowest BCUT2D eigenvalue weighted by atomic mass is 9.91. The molecule has 1 saturated heterocycles. The van der Waals surface area contributed by atoms with Crippen LogP contribution in [0.25, 0.3) is 0 Å². The first-order chi connectivity index (χ1) is 12.4. The summed E-state index contributed by atoms with van der Waals surface area (Å²) in [6, 6.07) is 15.7. The second kappa shape index (κ2) is 7.48. The largest absolute Gasteiger partial charge is 0.342 e. The molecule has 6 heteroatoms. The third-order valence-corrected chi connectivity index (χ3v) is 5.05. The van der Waals surface area contributed by atoms with Crippen molar-refractivity contribution in [3.8, 4) is 0 Å². The molecule has 26 heavy (non-hydrogen) atoms. The van der Waals surface area contributed by atoms with Crippen molar-refractivity contribution in [2.24, 2.45) is 5.73 Å². The van der Waals surface area contributed by atoms with Crippen molar-refractivity contribution >= 4 is 29.1 Å². The van der Waals surface area contributed by atoms with E-state index in [-0.39, 0.29) is 11.8 Å². The molecule has 2 unspecified atom stereocenters. The number of piperidine rings is 1. The average Bonchev–Trinajstić information content (AvgIpc) is 2.65. The van der Waals surface area contributed by atoms with Gasteiger partial charge in [-0.3, -0.25) is 9.59 Å². The third-order valence-electron chi connectivity index (χ3n) is 4.73. The molecule has 2 amide bonds. The number of amides is 2. The SMILES string of the molecule is CC(N)(C(=O)NC1CCCN(c2ccccc2Cl)C1=O)c1ccccc1. The Balaban J connectivity index is 1.76. The number of nitrogens with one attached hydrogen (secondary N) is 1. The zero-order valence-electron chi connectivity index (χ0n) is 14.6. The number of benzene rings is 2. The number of para-hydroxylation sites is 1. The number of nitrogens with zero attached hydrogens (tertiary/aromatic N) is 1. The van der Waals surface area contributed by atoms with Gasteiger partial charge in [-0.05, 0) is 37.5 Å². The Bertz CT molecular complexity index is 808. The Hall–Kier alpha value is -2.37. The molecule has 0 aromatic heterocycles. The molecule has 0 bridgehead atoms. The standard InChI is InChI=1S/C20H22ClN3O2/c1-20(22,14-8-3-2-4-9-14)19(26)23-16-11-7-13-24(18(16)25)17-12-6-5-10-15(17)21/h2-6,8-10,12,16H,7,11,13,22H2,1H3,(H,23,26). The smallest absolute Gasteiger partial charge is 0.249 e. The van der Waals surface area contributed by atoms with E-state index in [0.29, 0.717) is 29.2 Å². The Morgan fingerprint density at radius 3 is 2.54 bits per heavy atom. The summed E-state index contributed by atoms with van der Waals surface area (Å²) in [5.74, 6) is -0.537. The Morgan fingerprint density at radius 2 is 1.85 bits per heavy atom. The highest BCUT2D eigenvalue weighted by Gasteiger charge is 2.36. The number of hydrogen-bond acceptors (Lipinski definition) is 3. The summed E-state index contributed by atoms with van der Waals surface area (Å²) in [6.45, 7) is 2.23. The maximum Gasteiger partial charge on any atom is 0.249 e. The minimum atomic E-state index is -1.21. The summed E-state index contributed by atoms with van der Waals surface area (Å²) < 4.78 is 0. The minimum Gasteiger partial charge on any atom is -0.342 e. The van der Waals surface area contributed by atoms with Gasteiger partial charge in [-0.1, -0.05) is 54.1 Å². The van der Waals surface area contributed by atoms with Gasteiger partial charge >= 0.3 is 0 Å². The van der Waals surface area contributed by atoms with E-state index in [9.17, 15) is 9.59 Å². The zero-order chi connectivity index (χ0) is 18.7. The van der Waals surface area contributed by atoms with Crippen LogP contribution in [0.5, 0.6) is 0 Å². The first kappa shape index (κ1) is 18.4. The average molecular weight is 372 g/mol. The molecule has 5 nitrogen and oxygen atoms in total. The van der Waals surface area contributed by atoms with E-state index < -0.39 is 11.6 Å². The molecule has 2 atom stereocenters. The fraction of sp³-hybridized carbons (Fsp3) is 0.300. The zero-order valence-corrected chi connectivity index (χ0v) is 15.4. The minimum absolute atomic E-state index is 0.165. The molecule has 0 aliphatic carbocycles. The number of carbonyl (C=O) groups is 2. The molecule has 1 fully saturated rings. The third kappa shape index (κ3) is 3.59. The van der Waals surface area contributed by atoms with E-state index in [1.807, 2.05) is 30.3 Å². The number of rotatable bonds is 4. The highest BCUT2D eigenvalue weighted by atomic mass is 35.5. The Kier molecular flexibility index (Phi) is 5.30. The van der Waals surface area contributed by atoms with Crippen LogP contribution in [0.15, 0.2) is 54.6 Å². The highest BCUT2D eigenvalue weighted by molar-refractivity contribution is 6.33. The Morgan fingerprint density at radius 1 is 1.19 bits per heavy atom. The van der Waals surface area contributed by atoms with Gasteiger partial charge in [0.15, 0.2) is 0 Å². The van der Waals surface area contributed by atoms with Gasteiger partial charge in [0, 0.05) is 6.54 Å². The second-order valence-corrected chi connectivity index (χ2v) is 7.09. The first-order valence-electron chi connectivity index (χ1n) is 8.62. The molecular weight excluding hydrogens is 350 g/mol. The summed E-state index contributed by atoms with van der Waals surface area (Å²) in [7, 11) is 0. The van der Waals surface area contributed by atoms with Crippen molar-refractivity contribution in [1.29, 1.82) is 0 Å². The maximum atomic E-state index is 12.9. The van der Waals surface area contributed by atoms with Crippen molar-refractivity contribution in [2.45, 2.75) is 31.3 Å². The summed E-state index contributed by atoms with van der Waals surface area (Å²) >= 11 is 6.23. The predicted molar refractivity (Wildman–Crippen MR) is 103 cm³/mol. The van der Waals surface area contributed by atoms with Crippen LogP contribution < -0.4 is 16.0 Å². The lowest BCUT2D eigenvalue weighted by Crippen LogP contribution is -2.58. The molecule has 1 aliphatic heterocycles. The van der Waals surface area contributed by atoms with Gasteiger partial charge in [-0.15, -0.1) is 0 Å². The van der Waals surface area contributed by atoms with E-state index in [2.05, 4.69) is 5.32 Å². The van der Waals surface area contributed by atoms with Gasteiger partial charge in [-0.25, -0.2) is 0 Å². The van der Waals surface area contributed by atoms with Gasteiger partial charge in [0.2, 0.25) is 11.8 Å². The summed E-state index contributed by atoms with van der Waals surface area (Å²) in [6.07, 6.45) is 1.35. The molecule has 0 radical (unpaired) electrons. The normalized spacial score (nSPS) is 19.7. The quantitative estimate of drug-likeness (QED) is 0.867. The molecule has 136 valence electrons. The molecule has 3 rings (SSSR count). The van der Waals surface area contributed by atoms with Crippen LogP contribution in [-0.4, -0.2) is 24.4 Å². The topological polar surface area (TPSA) is 75.4 Å². The van der Waals surface area contributed by atoms with Crippen molar-refractivity contribution < 1.29 is 9.59 Å². The number of carbonyl (C=O) groups excluding carboxylic acids is 2. The second-order valence-electron chi connectivity index (χ2n) is 6.68. The summed E-state index contributed by atoms with van der Waals surface area (Å²) in [5, 5.41) is 3.34. The number of nitrogens with two attached hydrogens (primary N) is 1. The molecule has 3 N–H and O–H groups in total. The van der Waals surface area contributed by atoms with E-state index in [0.717, 1.165) is 6.42 Å². The monoisotopic (exact) mass is 371 g/mol. The maximum absolute atomic E-state index is 12.9. The van der Waals surface area contributed by atoms with Crippen molar-refractivity contribution in [2.75, 3.05) is 11.4 Å². The van der Waals surface area contributed by atoms with Crippen LogP contribution in [0.1, 0.15) is 25.3 Å². The van der Waals surface area contributed by atoms with Gasteiger partial charge in [-0.2, -0.15) is 0 Å². The van der Waals surface area contributed by atoms with Crippen LogP contribution in [0, 0.1) is 0 Å². The van der Waals surface area contributed by atoms with Crippen molar-refractivity contribution in [3.63, 3.8) is 0 Å². The van der Waals surface area contributed by atoms with Crippen molar-refractivity contribution in [3.05, 3.63) is 65.2 Å². The Labute approximate surface area is 158 Å². The molecular formula is C20H22ClN3O2. The highest BCUT2D eigenvalue weighted by Crippen LogP contribution is 2.29. The molecule has 0 spiro atoms. The molecule has 2 aromatic carbocycles. The van der Waals surface area contributed by atoms with E-state index in [1.54, 1.807) is 36.1 Å². The van der Waals surface area contributed by atoms with Crippen LogP contribution in [-0.2, 0) is 15.1 Å². The van der Waals surface area contributed by atoms with Crippen LogP contribution in [0.3, 0.4) is 0 Å². The van der Waals surface area contributed by atoms with Crippen LogP contribution in [0.4, 0.5) is 5.69 Å². The lowest BCUT2D eigenvalue weighted by Gasteiger charge is -2.35. The van der Waals surface area contributed by atoms with Crippen LogP contribution in [0.2, 0.25) is 5.02 Å². The van der Waals surface area contributed by atoms with Gasteiger partial charge in [0.1, 0.15) is 11.6 Å². The molecule has 2 aromatic rings. The van der Waals surface area contributed by atoms with Gasteiger partial charge in [0.25, 0.3) is 0 Å². The number of halogens is 1. The number of hydrogen-bond donors (Lipinski definition) is 2. The first-order valence-corrected chi connectivity index (χ1v) is 9.00. The van der Waals surface area contributed by atoms with E-state index >= 15 is 0 Å². The lowest BCUT2D eigenvalue weighted by molar-refractivity contribution is -0.131. The van der Waals surface area contributed by atoms with E-state index in [4.69, 9.17) is 17.3 Å². The number of anilines is 1. The predicted octanol–water partition coefficient (Wildman–Crippen LogP) is 2.83.